The monoisotopic (exact) mass is 284 g/mol. The molecule has 0 spiro atoms. The standard InChI is InChI=1S/C15H24O5/c1-18-13-9-12(11-17)10-14(19-2)15(13)20-8-6-4-3-5-7-16/h9-10,16-17H,3-8,11H2,1-2H3. The lowest BCUT2D eigenvalue weighted by atomic mass is 10.2. The summed E-state index contributed by atoms with van der Waals surface area (Å²) in [5.74, 6) is 1.68. The van der Waals surface area contributed by atoms with Crippen molar-refractivity contribution >= 4 is 0 Å². The zero-order valence-electron chi connectivity index (χ0n) is 12.2. The van der Waals surface area contributed by atoms with Gasteiger partial charge in [-0.3, -0.25) is 0 Å². The predicted molar refractivity (Wildman–Crippen MR) is 76.5 cm³/mol. The fourth-order valence-electron chi connectivity index (χ4n) is 1.91. The highest BCUT2D eigenvalue weighted by Crippen LogP contribution is 2.38. The highest BCUT2D eigenvalue weighted by Gasteiger charge is 2.13. The summed E-state index contributed by atoms with van der Waals surface area (Å²) in [4.78, 5) is 0. The Labute approximate surface area is 120 Å². The van der Waals surface area contributed by atoms with Crippen LogP contribution in [0.3, 0.4) is 0 Å². The van der Waals surface area contributed by atoms with Gasteiger partial charge in [-0.1, -0.05) is 6.42 Å². The van der Waals surface area contributed by atoms with Crippen molar-refractivity contribution in [3.05, 3.63) is 17.7 Å². The molecule has 0 aliphatic rings. The topological polar surface area (TPSA) is 68.2 Å². The molecule has 0 unspecified atom stereocenters. The molecule has 0 amide bonds. The van der Waals surface area contributed by atoms with Gasteiger partial charge in [-0.25, -0.2) is 0 Å². The third-order valence-electron chi connectivity index (χ3n) is 3.00. The number of hydrogen-bond acceptors (Lipinski definition) is 5. The zero-order valence-corrected chi connectivity index (χ0v) is 12.2. The van der Waals surface area contributed by atoms with E-state index in [1.807, 2.05) is 0 Å². The second-order valence-electron chi connectivity index (χ2n) is 4.47. The van der Waals surface area contributed by atoms with E-state index in [2.05, 4.69) is 0 Å². The molecule has 0 bridgehead atoms. The number of ether oxygens (including phenoxy) is 3. The molecule has 114 valence electrons. The first kappa shape index (κ1) is 16.6. The average molecular weight is 284 g/mol. The van der Waals surface area contributed by atoms with Crippen LogP contribution in [0.25, 0.3) is 0 Å². The van der Waals surface area contributed by atoms with E-state index < -0.39 is 0 Å². The molecule has 0 atom stereocenters. The van der Waals surface area contributed by atoms with E-state index in [-0.39, 0.29) is 13.2 Å². The maximum Gasteiger partial charge on any atom is 0.203 e. The predicted octanol–water partition coefficient (Wildman–Crippen LogP) is 2.13. The Morgan fingerprint density at radius 2 is 1.50 bits per heavy atom. The summed E-state index contributed by atoms with van der Waals surface area (Å²) >= 11 is 0. The van der Waals surface area contributed by atoms with Crippen LogP contribution in [0.1, 0.15) is 31.2 Å². The van der Waals surface area contributed by atoms with Crippen LogP contribution in [0.4, 0.5) is 0 Å². The van der Waals surface area contributed by atoms with Crippen molar-refractivity contribution in [3.63, 3.8) is 0 Å². The van der Waals surface area contributed by atoms with Crippen LogP contribution in [0.5, 0.6) is 17.2 Å². The molecule has 1 aromatic carbocycles. The van der Waals surface area contributed by atoms with Crippen molar-refractivity contribution in [2.75, 3.05) is 27.4 Å². The van der Waals surface area contributed by atoms with Crippen molar-refractivity contribution in [2.45, 2.75) is 32.3 Å². The minimum absolute atomic E-state index is 0.0752. The first-order valence-electron chi connectivity index (χ1n) is 6.86. The van der Waals surface area contributed by atoms with Gasteiger partial charge >= 0.3 is 0 Å². The van der Waals surface area contributed by atoms with Crippen molar-refractivity contribution in [3.8, 4) is 17.2 Å². The minimum atomic E-state index is -0.0752. The quantitative estimate of drug-likeness (QED) is 0.644. The molecule has 0 saturated carbocycles. The molecule has 0 aromatic heterocycles. The molecule has 2 N–H and O–H groups in total. The van der Waals surface area contributed by atoms with Gasteiger partial charge < -0.3 is 24.4 Å². The molecule has 5 nitrogen and oxygen atoms in total. The normalized spacial score (nSPS) is 10.4. The summed E-state index contributed by atoms with van der Waals surface area (Å²) in [6.45, 7) is 0.732. The number of methoxy groups -OCH3 is 2. The zero-order chi connectivity index (χ0) is 14.8. The van der Waals surface area contributed by atoms with Gasteiger partial charge in [-0.2, -0.15) is 0 Å². The highest BCUT2D eigenvalue weighted by atomic mass is 16.5. The lowest BCUT2D eigenvalue weighted by Gasteiger charge is -2.15. The van der Waals surface area contributed by atoms with Crippen molar-refractivity contribution in [2.24, 2.45) is 0 Å². The summed E-state index contributed by atoms with van der Waals surface area (Å²) in [5, 5.41) is 17.9. The smallest absolute Gasteiger partial charge is 0.203 e. The number of aliphatic hydroxyl groups excluding tert-OH is 2. The molecule has 0 heterocycles. The number of unbranched alkanes of at least 4 members (excludes halogenated alkanes) is 3. The van der Waals surface area contributed by atoms with Crippen LogP contribution in [0.15, 0.2) is 12.1 Å². The fourth-order valence-corrected chi connectivity index (χ4v) is 1.91. The highest BCUT2D eigenvalue weighted by molar-refractivity contribution is 5.53. The molecular weight excluding hydrogens is 260 g/mol. The van der Waals surface area contributed by atoms with E-state index in [9.17, 15) is 5.11 Å². The summed E-state index contributed by atoms with van der Waals surface area (Å²) in [6.07, 6.45) is 3.75. The second-order valence-corrected chi connectivity index (χ2v) is 4.47. The van der Waals surface area contributed by atoms with Gasteiger partial charge in [-0.05, 0) is 37.0 Å². The number of aliphatic hydroxyl groups is 2. The Morgan fingerprint density at radius 1 is 0.900 bits per heavy atom. The number of hydrogen-bond donors (Lipinski definition) is 2. The fraction of sp³-hybridized carbons (Fsp3) is 0.600. The van der Waals surface area contributed by atoms with Crippen LogP contribution in [0, 0.1) is 0 Å². The third-order valence-corrected chi connectivity index (χ3v) is 3.00. The maximum atomic E-state index is 9.19. The molecule has 20 heavy (non-hydrogen) atoms. The molecule has 0 aliphatic heterocycles. The Bertz CT molecular complexity index is 367. The van der Waals surface area contributed by atoms with Crippen molar-refractivity contribution < 1.29 is 24.4 Å². The molecule has 0 radical (unpaired) electrons. The summed E-state index contributed by atoms with van der Waals surface area (Å²) in [5.41, 5.74) is 0.717. The van der Waals surface area contributed by atoms with Gasteiger partial charge in [-0.15, -0.1) is 0 Å². The summed E-state index contributed by atoms with van der Waals surface area (Å²) < 4.78 is 16.3. The summed E-state index contributed by atoms with van der Waals surface area (Å²) in [7, 11) is 3.12. The van der Waals surface area contributed by atoms with E-state index >= 15 is 0 Å². The molecule has 0 aliphatic carbocycles. The van der Waals surface area contributed by atoms with E-state index in [4.69, 9.17) is 19.3 Å². The van der Waals surface area contributed by atoms with Crippen LogP contribution in [-0.4, -0.2) is 37.6 Å². The Kier molecular flexibility index (Phi) is 7.84. The summed E-state index contributed by atoms with van der Waals surface area (Å²) in [6, 6.07) is 3.48. The lowest BCUT2D eigenvalue weighted by molar-refractivity contribution is 0.256. The largest absolute Gasteiger partial charge is 0.493 e. The Hall–Kier alpha value is -1.46. The molecule has 1 aromatic rings. The van der Waals surface area contributed by atoms with Gasteiger partial charge in [0, 0.05) is 6.61 Å². The van der Waals surface area contributed by atoms with Gasteiger partial charge in [0.1, 0.15) is 0 Å². The van der Waals surface area contributed by atoms with Gasteiger partial charge in [0.15, 0.2) is 11.5 Å². The third kappa shape index (κ3) is 4.90. The van der Waals surface area contributed by atoms with E-state index in [1.54, 1.807) is 26.4 Å². The average Bonchev–Trinajstić information content (AvgIpc) is 2.50. The molecule has 0 saturated heterocycles. The Balaban J connectivity index is 2.63. The van der Waals surface area contributed by atoms with Crippen LogP contribution in [0.2, 0.25) is 0 Å². The molecule has 1 rings (SSSR count). The maximum absolute atomic E-state index is 9.19. The molecular formula is C15H24O5. The Morgan fingerprint density at radius 3 is 2.00 bits per heavy atom. The second kappa shape index (κ2) is 9.44. The first-order valence-corrected chi connectivity index (χ1v) is 6.86. The van der Waals surface area contributed by atoms with Crippen LogP contribution in [-0.2, 0) is 6.61 Å². The van der Waals surface area contributed by atoms with Crippen LogP contribution < -0.4 is 14.2 Å². The van der Waals surface area contributed by atoms with E-state index in [0.29, 0.717) is 29.4 Å². The van der Waals surface area contributed by atoms with Gasteiger partial charge in [0.25, 0.3) is 0 Å². The van der Waals surface area contributed by atoms with Crippen molar-refractivity contribution in [1.29, 1.82) is 0 Å². The van der Waals surface area contributed by atoms with E-state index in [1.165, 1.54) is 0 Å². The van der Waals surface area contributed by atoms with Crippen molar-refractivity contribution in [1.82, 2.24) is 0 Å². The van der Waals surface area contributed by atoms with E-state index in [0.717, 1.165) is 25.7 Å². The number of rotatable bonds is 10. The lowest BCUT2D eigenvalue weighted by Crippen LogP contribution is -2.02. The van der Waals surface area contributed by atoms with Crippen LogP contribution >= 0.6 is 0 Å². The minimum Gasteiger partial charge on any atom is -0.493 e. The SMILES string of the molecule is COc1cc(CO)cc(OC)c1OCCCCCCO. The first-order chi connectivity index (χ1) is 9.76. The molecule has 5 heteroatoms. The number of benzene rings is 1. The van der Waals surface area contributed by atoms with Gasteiger partial charge in [0.2, 0.25) is 5.75 Å². The van der Waals surface area contributed by atoms with Gasteiger partial charge in [0.05, 0.1) is 27.4 Å². The molecule has 0 fully saturated rings.